The molecule has 2 N–H and O–H groups in total. The lowest BCUT2D eigenvalue weighted by Crippen LogP contribution is -2.38. The van der Waals surface area contributed by atoms with Crippen LogP contribution in [-0.4, -0.2) is 29.6 Å². The summed E-state index contributed by atoms with van der Waals surface area (Å²) < 4.78 is 6.08. The number of carbonyl (C=O) groups excluding carboxylic acids is 1. The highest BCUT2D eigenvalue weighted by atomic mass is 79.9. The molecule has 1 atom stereocenters. The molecule has 1 aromatic rings. The molecule has 5 nitrogen and oxygen atoms in total. The molecule has 0 bridgehead atoms. The zero-order chi connectivity index (χ0) is 14.4. The van der Waals surface area contributed by atoms with E-state index >= 15 is 0 Å². The lowest BCUT2D eigenvalue weighted by molar-refractivity contribution is -0.141. The number of halogens is 2. The summed E-state index contributed by atoms with van der Waals surface area (Å²) in [4.78, 5) is 21.9. The maximum Gasteiger partial charge on any atom is 0.325 e. The van der Waals surface area contributed by atoms with E-state index in [-0.39, 0.29) is 18.9 Å². The topological polar surface area (TPSA) is 75.6 Å². The van der Waals surface area contributed by atoms with Crippen LogP contribution in [0.4, 0.5) is 0 Å². The SMILES string of the molecule is C[C@@H](NC(=O)CCOc1ccc(Cl)cc1Br)C(=O)O. The molecule has 104 valence electrons. The van der Waals surface area contributed by atoms with Crippen molar-refractivity contribution >= 4 is 39.4 Å². The molecular weight excluding hydrogens is 337 g/mol. The molecule has 0 saturated heterocycles. The molecule has 0 aliphatic carbocycles. The van der Waals surface area contributed by atoms with Gasteiger partial charge >= 0.3 is 5.97 Å². The molecule has 0 spiro atoms. The van der Waals surface area contributed by atoms with Crippen molar-refractivity contribution in [3.63, 3.8) is 0 Å². The summed E-state index contributed by atoms with van der Waals surface area (Å²) in [5, 5.41) is 11.5. The zero-order valence-corrected chi connectivity index (χ0v) is 12.5. The smallest absolute Gasteiger partial charge is 0.325 e. The van der Waals surface area contributed by atoms with E-state index in [4.69, 9.17) is 21.4 Å². The first-order valence-electron chi connectivity index (χ1n) is 5.50. The van der Waals surface area contributed by atoms with Crippen LogP contribution in [0.1, 0.15) is 13.3 Å². The van der Waals surface area contributed by atoms with E-state index < -0.39 is 12.0 Å². The van der Waals surface area contributed by atoms with Gasteiger partial charge in [-0.2, -0.15) is 0 Å². The van der Waals surface area contributed by atoms with E-state index in [1.165, 1.54) is 6.92 Å². The van der Waals surface area contributed by atoms with Gasteiger partial charge in [-0.05, 0) is 41.1 Å². The average molecular weight is 351 g/mol. The molecular formula is C12H13BrClNO4. The van der Waals surface area contributed by atoms with Crippen molar-refractivity contribution in [3.05, 3.63) is 27.7 Å². The van der Waals surface area contributed by atoms with Crippen molar-refractivity contribution < 1.29 is 19.4 Å². The number of nitrogens with one attached hydrogen (secondary N) is 1. The number of carboxylic acids is 1. The van der Waals surface area contributed by atoms with Gasteiger partial charge in [-0.1, -0.05) is 11.6 Å². The number of hydrogen-bond donors (Lipinski definition) is 2. The predicted molar refractivity (Wildman–Crippen MR) is 74.5 cm³/mol. The summed E-state index contributed by atoms with van der Waals surface area (Å²) in [6, 6.07) is 4.14. The fraction of sp³-hybridized carbons (Fsp3) is 0.333. The van der Waals surface area contributed by atoms with Gasteiger partial charge < -0.3 is 15.2 Å². The Morgan fingerprint density at radius 2 is 2.21 bits per heavy atom. The molecule has 1 rings (SSSR count). The highest BCUT2D eigenvalue weighted by Gasteiger charge is 2.13. The zero-order valence-electron chi connectivity index (χ0n) is 10.2. The van der Waals surface area contributed by atoms with E-state index in [0.717, 1.165) is 0 Å². The van der Waals surface area contributed by atoms with E-state index in [9.17, 15) is 9.59 Å². The Kier molecular flexibility index (Phi) is 6.11. The molecule has 1 amide bonds. The lowest BCUT2D eigenvalue weighted by atomic mass is 10.3. The van der Waals surface area contributed by atoms with Crippen molar-refractivity contribution in [2.24, 2.45) is 0 Å². The molecule has 0 heterocycles. The van der Waals surface area contributed by atoms with Crippen LogP contribution < -0.4 is 10.1 Å². The van der Waals surface area contributed by atoms with Gasteiger partial charge in [0.05, 0.1) is 17.5 Å². The van der Waals surface area contributed by atoms with Crippen LogP contribution >= 0.6 is 27.5 Å². The van der Waals surface area contributed by atoms with Gasteiger partial charge in [-0.15, -0.1) is 0 Å². The second kappa shape index (κ2) is 7.35. The summed E-state index contributed by atoms with van der Waals surface area (Å²) in [5.41, 5.74) is 0. The Balaban J connectivity index is 2.38. The lowest BCUT2D eigenvalue weighted by Gasteiger charge is -2.10. The van der Waals surface area contributed by atoms with E-state index in [2.05, 4.69) is 21.2 Å². The van der Waals surface area contributed by atoms with Crippen molar-refractivity contribution in [2.45, 2.75) is 19.4 Å². The third-order valence-electron chi connectivity index (χ3n) is 2.23. The van der Waals surface area contributed by atoms with Crippen LogP contribution in [0.5, 0.6) is 5.75 Å². The molecule has 0 radical (unpaired) electrons. The van der Waals surface area contributed by atoms with Crippen LogP contribution in [0.2, 0.25) is 5.02 Å². The van der Waals surface area contributed by atoms with Crippen LogP contribution in [0.25, 0.3) is 0 Å². The van der Waals surface area contributed by atoms with Crippen molar-refractivity contribution in [2.75, 3.05) is 6.61 Å². The van der Waals surface area contributed by atoms with Gasteiger partial charge in [0.15, 0.2) is 0 Å². The number of amides is 1. The van der Waals surface area contributed by atoms with Crippen molar-refractivity contribution in [1.82, 2.24) is 5.32 Å². The minimum Gasteiger partial charge on any atom is -0.492 e. The van der Waals surface area contributed by atoms with Gasteiger partial charge in [-0.25, -0.2) is 0 Å². The fourth-order valence-electron chi connectivity index (χ4n) is 1.22. The second-order valence-corrected chi connectivity index (χ2v) is 5.09. The Morgan fingerprint density at radius 3 is 2.79 bits per heavy atom. The number of benzene rings is 1. The van der Waals surface area contributed by atoms with E-state index in [1.807, 2.05) is 0 Å². The molecule has 0 aromatic heterocycles. The summed E-state index contributed by atoms with van der Waals surface area (Å²) in [6.45, 7) is 1.55. The van der Waals surface area contributed by atoms with Crippen LogP contribution in [0.3, 0.4) is 0 Å². The monoisotopic (exact) mass is 349 g/mol. The first-order chi connectivity index (χ1) is 8.90. The number of aliphatic carboxylic acids is 1. The molecule has 0 fully saturated rings. The maximum atomic E-state index is 11.4. The minimum absolute atomic E-state index is 0.0761. The molecule has 1 aromatic carbocycles. The number of hydrogen-bond acceptors (Lipinski definition) is 3. The Labute approximate surface area is 124 Å². The van der Waals surface area contributed by atoms with Crippen molar-refractivity contribution in [3.8, 4) is 5.75 Å². The maximum absolute atomic E-state index is 11.4. The molecule has 0 unspecified atom stereocenters. The van der Waals surface area contributed by atoms with Crippen LogP contribution in [-0.2, 0) is 9.59 Å². The van der Waals surface area contributed by atoms with Gasteiger partial charge in [0.1, 0.15) is 11.8 Å². The third-order valence-corrected chi connectivity index (χ3v) is 3.08. The molecule has 19 heavy (non-hydrogen) atoms. The number of carbonyl (C=O) groups is 2. The van der Waals surface area contributed by atoms with E-state index in [1.54, 1.807) is 18.2 Å². The van der Waals surface area contributed by atoms with Gasteiger partial charge in [-0.3, -0.25) is 9.59 Å². The fourth-order valence-corrected chi connectivity index (χ4v) is 2.02. The Bertz CT molecular complexity index is 481. The normalized spacial score (nSPS) is 11.7. The van der Waals surface area contributed by atoms with Gasteiger partial charge in [0, 0.05) is 5.02 Å². The first-order valence-corrected chi connectivity index (χ1v) is 6.67. The largest absolute Gasteiger partial charge is 0.492 e. The molecule has 0 saturated carbocycles. The van der Waals surface area contributed by atoms with Crippen LogP contribution in [0, 0.1) is 0 Å². The summed E-state index contributed by atoms with van der Waals surface area (Å²) in [6.07, 6.45) is 0.0761. The summed E-state index contributed by atoms with van der Waals surface area (Å²) in [5.74, 6) is -0.877. The summed E-state index contributed by atoms with van der Waals surface area (Å²) in [7, 11) is 0. The minimum atomic E-state index is -1.07. The highest BCUT2D eigenvalue weighted by Crippen LogP contribution is 2.27. The van der Waals surface area contributed by atoms with Crippen LogP contribution in [0.15, 0.2) is 22.7 Å². The molecule has 0 aliphatic rings. The van der Waals surface area contributed by atoms with Gasteiger partial charge in [0.25, 0.3) is 0 Å². The Hall–Kier alpha value is -1.27. The van der Waals surface area contributed by atoms with E-state index in [0.29, 0.717) is 15.2 Å². The average Bonchev–Trinajstić information content (AvgIpc) is 2.31. The van der Waals surface area contributed by atoms with Gasteiger partial charge in [0.2, 0.25) is 5.91 Å². The standard InChI is InChI=1S/C12H13BrClNO4/c1-7(12(17)18)15-11(16)4-5-19-10-3-2-8(14)6-9(10)13/h2-3,6-7H,4-5H2,1H3,(H,15,16)(H,17,18)/t7-/m1/s1. The van der Waals surface area contributed by atoms with Crippen molar-refractivity contribution in [1.29, 1.82) is 0 Å². The number of rotatable bonds is 6. The first kappa shape index (κ1) is 15.8. The summed E-state index contributed by atoms with van der Waals surface area (Å²) >= 11 is 9.07. The quantitative estimate of drug-likeness (QED) is 0.826. The molecule has 0 aliphatic heterocycles. The second-order valence-electron chi connectivity index (χ2n) is 3.80. The predicted octanol–water partition coefficient (Wildman–Crippen LogP) is 2.46. The third kappa shape index (κ3) is 5.48. The number of ether oxygens (including phenoxy) is 1. The highest BCUT2D eigenvalue weighted by molar-refractivity contribution is 9.10. The number of carboxylic acid groups (broad SMARTS) is 1. The molecule has 7 heteroatoms. The Morgan fingerprint density at radius 1 is 1.53 bits per heavy atom.